The number of unbranched alkanes of at least 4 members (excludes halogenated alkanes) is 5. The van der Waals surface area contributed by atoms with Crippen LogP contribution in [0.25, 0.3) is 0 Å². The van der Waals surface area contributed by atoms with E-state index in [2.05, 4.69) is 11.9 Å². The molecule has 124 valence electrons. The Bertz CT molecular complexity index is 400. The predicted molar refractivity (Wildman–Crippen MR) is 105 cm³/mol. The molecule has 0 aromatic carbocycles. The summed E-state index contributed by atoms with van der Waals surface area (Å²) in [4.78, 5) is 4.00. The molecule has 0 saturated carbocycles. The summed E-state index contributed by atoms with van der Waals surface area (Å²) in [5, 5.41) is 9.99. The van der Waals surface area contributed by atoms with Crippen LogP contribution in [0.1, 0.15) is 57.4 Å². The van der Waals surface area contributed by atoms with Crippen LogP contribution in [0.15, 0.2) is 24.5 Å². The van der Waals surface area contributed by atoms with Crippen molar-refractivity contribution in [2.75, 3.05) is 5.75 Å². The number of nitrogens with zero attached hydrogens (tertiary/aromatic N) is 1. The van der Waals surface area contributed by atoms with Gasteiger partial charge in [-0.2, -0.15) is 0 Å². The highest BCUT2D eigenvalue weighted by Gasteiger charge is 2.07. The third-order valence-electron chi connectivity index (χ3n) is 3.39. The van der Waals surface area contributed by atoms with Crippen LogP contribution in [0.4, 0.5) is 0 Å². The molecule has 5 heteroatoms. The lowest BCUT2D eigenvalue weighted by Crippen LogP contribution is -2.10. The minimum atomic E-state index is -0.226. The quantitative estimate of drug-likeness (QED) is 0.421. The average molecular weight is 358 g/mol. The van der Waals surface area contributed by atoms with E-state index in [4.69, 9.17) is 12.2 Å². The monoisotopic (exact) mass is 357 g/mol. The van der Waals surface area contributed by atoms with Gasteiger partial charge in [0.1, 0.15) is 3.53 Å². The summed E-state index contributed by atoms with van der Waals surface area (Å²) < 4.78 is 0.916. The number of aliphatic hydroxyl groups excluding tert-OH is 1. The minimum Gasteiger partial charge on any atom is -0.392 e. The van der Waals surface area contributed by atoms with Gasteiger partial charge in [-0.25, -0.2) is 0 Å². The molecule has 0 bridgehead atoms. The average Bonchev–Trinajstić information content (AvgIpc) is 2.55. The van der Waals surface area contributed by atoms with E-state index in [0.29, 0.717) is 0 Å². The number of aromatic nitrogens is 1. The third-order valence-corrected chi connectivity index (χ3v) is 6.31. The van der Waals surface area contributed by atoms with Crippen molar-refractivity contribution in [2.24, 2.45) is 0 Å². The molecule has 0 saturated heterocycles. The van der Waals surface area contributed by atoms with E-state index in [1.165, 1.54) is 37.7 Å². The summed E-state index contributed by atoms with van der Waals surface area (Å²) in [6.45, 7) is 2.23. The van der Waals surface area contributed by atoms with Crippen molar-refractivity contribution in [1.82, 2.24) is 4.98 Å². The van der Waals surface area contributed by atoms with E-state index < -0.39 is 0 Å². The fourth-order valence-electron chi connectivity index (χ4n) is 2.07. The van der Waals surface area contributed by atoms with Crippen LogP contribution in [0.3, 0.4) is 0 Å². The molecule has 1 aromatic heterocycles. The first kappa shape index (κ1) is 19.9. The van der Waals surface area contributed by atoms with Crippen LogP contribution < -0.4 is 0 Å². The van der Waals surface area contributed by atoms with Crippen molar-refractivity contribution in [3.05, 3.63) is 30.1 Å². The fourth-order valence-corrected chi connectivity index (χ4v) is 4.14. The molecule has 0 aliphatic rings. The molecule has 0 aliphatic carbocycles. The predicted octanol–water partition coefficient (Wildman–Crippen LogP) is 5.44. The molecule has 22 heavy (non-hydrogen) atoms. The van der Waals surface area contributed by atoms with Crippen LogP contribution in [0.2, 0.25) is 0 Å². The van der Waals surface area contributed by atoms with Gasteiger partial charge in [0.2, 0.25) is 0 Å². The van der Waals surface area contributed by atoms with Crippen LogP contribution in [0, 0.1) is 0 Å². The molecule has 0 unspecified atom stereocenters. The Morgan fingerprint density at radius 3 is 2.55 bits per heavy atom. The van der Waals surface area contributed by atoms with Gasteiger partial charge in [-0.1, -0.05) is 57.7 Å². The third kappa shape index (κ3) is 10.6. The summed E-state index contributed by atoms with van der Waals surface area (Å²) in [7, 11) is 0. The molecule has 1 N–H and O–H groups in total. The van der Waals surface area contributed by atoms with E-state index in [1.807, 2.05) is 12.1 Å². The van der Waals surface area contributed by atoms with Gasteiger partial charge in [-0.3, -0.25) is 4.98 Å². The second kappa shape index (κ2) is 13.3. The molecule has 0 amide bonds. The second-order valence-corrected chi connectivity index (χ2v) is 8.61. The highest BCUT2D eigenvalue weighted by molar-refractivity contribution is 8.46. The van der Waals surface area contributed by atoms with Gasteiger partial charge in [0, 0.05) is 23.9 Å². The van der Waals surface area contributed by atoms with E-state index in [0.717, 1.165) is 27.9 Å². The Labute approximate surface area is 148 Å². The fraction of sp³-hybridized carbons (Fsp3) is 0.647. The first-order chi connectivity index (χ1) is 10.7. The van der Waals surface area contributed by atoms with Crippen molar-refractivity contribution in [2.45, 2.75) is 63.7 Å². The lowest BCUT2D eigenvalue weighted by Gasteiger charge is -2.10. The SMILES string of the molecule is CCCCCCCC[C@H](O)CSC(=S)SCc1ccncc1. The van der Waals surface area contributed by atoms with Gasteiger partial charge in [-0.05, 0) is 24.1 Å². The second-order valence-electron chi connectivity index (χ2n) is 5.42. The van der Waals surface area contributed by atoms with E-state index in [1.54, 1.807) is 35.9 Å². The van der Waals surface area contributed by atoms with Crippen molar-refractivity contribution < 1.29 is 5.11 Å². The molecular weight excluding hydrogens is 330 g/mol. The topological polar surface area (TPSA) is 33.1 Å². The van der Waals surface area contributed by atoms with Gasteiger partial charge in [-0.15, -0.1) is 23.5 Å². The lowest BCUT2D eigenvalue weighted by molar-refractivity contribution is 0.185. The Kier molecular flexibility index (Phi) is 12.1. The molecule has 0 aliphatic heterocycles. The summed E-state index contributed by atoms with van der Waals surface area (Å²) in [6.07, 6.45) is 11.9. The van der Waals surface area contributed by atoms with Crippen molar-refractivity contribution in [1.29, 1.82) is 0 Å². The molecular formula is C17H27NOS3. The van der Waals surface area contributed by atoms with E-state index in [-0.39, 0.29) is 6.10 Å². The van der Waals surface area contributed by atoms with Crippen molar-refractivity contribution in [3.8, 4) is 0 Å². The maximum absolute atomic E-state index is 9.99. The maximum atomic E-state index is 9.99. The lowest BCUT2D eigenvalue weighted by atomic mass is 10.1. The van der Waals surface area contributed by atoms with E-state index in [9.17, 15) is 5.11 Å². The number of rotatable bonds is 11. The first-order valence-corrected chi connectivity index (χ1v) is 10.5. The normalized spacial score (nSPS) is 12.3. The summed E-state index contributed by atoms with van der Waals surface area (Å²) in [5.74, 6) is 1.60. The zero-order chi connectivity index (χ0) is 16.0. The smallest absolute Gasteiger partial charge is 0.104 e. The van der Waals surface area contributed by atoms with E-state index >= 15 is 0 Å². The molecule has 0 fully saturated rings. The van der Waals surface area contributed by atoms with Crippen LogP contribution >= 0.6 is 35.7 Å². The van der Waals surface area contributed by atoms with Gasteiger partial charge in [0.25, 0.3) is 0 Å². The van der Waals surface area contributed by atoms with Crippen molar-refractivity contribution in [3.63, 3.8) is 0 Å². The largest absolute Gasteiger partial charge is 0.392 e. The Balaban J connectivity index is 2.01. The summed E-state index contributed by atoms with van der Waals surface area (Å²) >= 11 is 8.62. The minimum absolute atomic E-state index is 0.226. The molecule has 1 aromatic rings. The van der Waals surface area contributed by atoms with Gasteiger partial charge >= 0.3 is 0 Å². The van der Waals surface area contributed by atoms with Gasteiger partial charge < -0.3 is 5.11 Å². The molecule has 1 heterocycles. The molecule has 2 nitrogen and oxygen atoms in total. The van der Waals surface area contributed by atoms with Crippen molar-refractivity contribution >= 4 is 39.3 Å². The zero-order valence-corrected chi connectivity index (χ0v) is 15.8. The molecule has 1 atom stereocenters. The molecule has 1 rings (SSSR count). The first-order valence-electron chi connectivity index (χ1n) is 8.09. The zero-order valence-electron chi connectivity index (χ0n) is 13.4. The number of thioether (sulfide) groups is 2. The van der Waals surface area contributed by atoms with Gasteiger partial charge in [0.15, 0.2) is 0 Å². The Morgan fingerprint density at radius 2 is 1.82 bits per heavy atom. The van der Waals surface area contributed by atoms with Crippen LogP contribution in [0.5, 0.6) is 0 Å². The van der Waals surface area contributed by atoms with Crippen LogP contribution in [-0.4, -0.2) is 25.5 Å². The number of hydrogen-bond acceptors (Lipinski definition) is 5. The maximum Gasteiger partial charge on any atom is 0.104 e. The van der Waals surface area contributed by atoms with Crippen LogP contribution in [-0.2, 0) is 5.75 Å². The molecule has 0 spiro atoms. The van der Waals surface area contributed by atoms with Gasteiger partial charge in [0.05, 0.1) is 6.10 Å². The number of thiocarbonyl (C=S) groups is 1. The Morgan fingerprint density at radius 1 is 1.14 bits per heavy atom. The summed E-state index contributed by atoms with van der Waals surface area (Å²) in [6, 6.07) is 4.02. The number of aliphatic hydroxyl groups is 1. The number of pyridine rings is 1. The summed E-state index contributed by atoms with van der Waals surface area (Å²) in [5.41, 5.74) is 1.23. The standard InChI is InChI=1S/C17H27NOS3/c1-2-3-4-5-6-7-8-16(19)14-22-17(20)21-13-15-9-11-18-12-10-15/h9-12,16,19H,2-8,13-14H2,1H3/t16-/m0/s1. The number of hydrogen-bond donors (Lipinski definition) is 1. The molecule has 0 radical (unpaired) electrons. The highest BCUT2D eigenvalue weighted by atomic mass is 32.2. The Hall–Kier alpha value is -0.100. The highest BCUT2D eigenvalue weighted by Crippen LogP contribution is 2.23.